The molecule has 1 amide bonds. The van der Waals surface area contributed by atoms with Crippen molar-refractivity contribution in [1.29, 1.82) is 0 Å². The second-order valence-electron chi connectivity index (χ2n) is 3.74. The van der Waals surface area contributed by atoms with Crippen LogP contribution in [0.1, 0.15) is 11.3 Å². The summed E-state index contributed by atoms with van der Waals surface area (Å²) < 4.78 is 1.79. The number of amides is 1. The third-order valence-corrected chi connectivity index (χ3v) is 2.75. The van der Waals surface area contributed by atoms with Gasteiger partial charge < -0.3 is 5.73 Å². The summed E-state index contributed by atoms with van der Waals surface area (Å²) in [4.78, 5) is 13.3. The van der Waals surface area contributed by atoms with Gasteiger partial charge in [-0.3, -0.25) is 9.69 Å². The third kappa shape index (κ3) is 1.31. The van der Waals surface area contributed by atoms with Crippen LogP contribution in [0.4, 0.5) is 5.82 Å². The van der Waals surface area contributed by atoms with Gasteiger partial charge in [-0.15, -0.1) is 0 Å². The summed E-state index contributed by atoms with van der Waals surface area (Å²) in [5.74, 6) is 0.658. The zero-order valence-electron chi connectivity index (χ0n) is 9.11. The van der Waals surface area contributed by atoms with Crippen LogP contribution in [0.5, 0.6) is 0 Å². The lowest BCUT2D eigenvalue weighted by Crippen LogP contribution is -2.31. The molecule has 0 aromatic carbocycles. The van der Waals surface area contributed by atoms with Gasteiger partial charge >= 0.3 is 0 Å². The first-order valence-electron chi connectivity index (χ1n) is 4.80. The monoisotopic (exact) mass is 206 g/mol. The first-order valence-corrected chi connectivity index (χ1v) is 4.80. The van der Waals surface area contributed by atoms with E-state index in [0.29, 0.717) is 6.54 Å². The van der Waals surface area contributed by atoms with Crippen molar-refractivity contribution in [2.45, 2.75) is 20.4 Å². The number of carbonyl (C=O) groups is 1. The highest BCUT2D eigenvalue weighted by molar-refractivity contribution is 6.04. The molecule has 0 aliphatic carbocycles. The van der Waals surface area contributed by atoms with Crippen LogP contribution in [0.3, 0.4) is 0 Å². The molecule has 15 heavy (non-hydrogen) atoms. The second-order valence-corrected chi connectivity index (χ2v) is 3.74. The summed E-state index contributed by atoms with van der Waals surface area (Å²) in [5, 5.41) is 4.35. The number of nitrogens with zero attached hydrogens (tertiary/aromatic N) is 3. The Balaban J connectivity index is 2.60. The van der Waals surface area contributed by atoms with E-state index in [1.54, 1.807) is 22.7 Å². The van der Waals surface area contributed by atoms with E-state index in [4.69, 9.17) is 5.73 Å². The Kier molecular flexibility index (Phi) is 2.03. The molecule has 2 N–H and O–H groups in total. The summed E-state index contributed by atoms with van der Waals surface area (Å²) in [6.45, 7) is 4.44. The zero-order valence-corrected chi connectivity index (χ0v) is 9.11. The van der Waals surface area contributed by atoms with Crippen molar-refractivity contribution < 1.29 is 4.79 Å². The molecule has 1 aliphatic rings. The van der Waals surface area contributed by atoms with Crippen molar-refractivity contribution in [3.05, 3.63) is 23.0 Å². The van der Waals surface area contributed by atoms with Gasteiger partial charge in [0.1, 0.15) is 5.82 Å². The molecule has 80 valence electrons. The number of carbonyl (C=O) groups excluding carboxylic acids is 1. The average Bonchev–Trinajstić information content (AvgIpc) is 2.44. The Morgan fingerprint density at radius 1 is 1.47 bits per heavy atom. The maximum absolute atomic E-state index is 11.8. The molecule has 0 atom stereocenters. The summed E-state index contributed by atoms with van der Waals surface area (Å²) in [6, 6.07) is 0. The number of hydrogen-bond donors (Lipinski definition) is 1. The molecule has 5 heteroatoms. The van der Waals surface area contributed by atoms with Gasteiger partial charge in [0.2, 0.25) is 0 Å². The summed E-state index contributed by atoms with van der Waals surface area (Å²) in [5.41, 5.74) is 7.87. The van der Waals surface area contributed by atoms with Crippen LogP contribution < -0.4 is 10.6 Å². The molecule has 1 aromatic heterocycles. The van der Waals surface area contributed by atoms with Crippen LogP contribution in [0, 0.1) is 13.8 Å². The van der Waals surface area contributed by atoms with Gasteiger partial charge in [-0.1, -0.05) is 0 Å². The minimum absolute atomic E-state index is 0.170. The van der Waals surface area contributed by atoms with Gasteiger partial charge in [0, 0.05) is 12.6 Å². The van der Waals surface area contributed by atoms with E-state index in [0.717, 1.165) is 17.1 Å². The number of aromatic nitrogens is 2. The first kappa shape index (κ1) is 9.76. The van der Waals surface area contributed by atoms with E-state index in [1.165, 1.54) is 0 Å². The van der Waals surface area contributed by atoms with E-state index in [-0.39, 0.29) is 11.6 Å². The SMILES string of the molecule is Cc1nn2c(c1C)N(C)C(=O)C(N)=CC2. The number of nitrogens with two attached hydrogens (primary N) is 1. The molecule has 0 saturated heterocycles. The van der Waals surface area contributed by atoms with E-state index >= 15 is 0 Å². The fourth-order valence-electron chi connectivity index (χ4n) is 1.77. The summed E-state index contributed by atoms with van der Waals surface area (Å²) in [7, 11) is 1.72. The fourth-order valence-corrected chi connectivity index (χ4v) is 1.77. The molecule has 1 aliphatic heterocycles. The number of hydrogen-bond acceptors (Lipinski definition) is 3. The molecule has 0 fully saturated rings. The predicted octanol–water partition coefficient (Wildman–Crippen LogP) is 0.319. The Bertz CT molecular complexity index is 458. The van der Waals surface area contributed by atoms with Gasteiger partial charge in [0.15, 0.2) is 0 Å². The molecule has 0 saturated carbocycles. The third-order valence-electron chi connectivity index (χ3n) is 2.75. The normalized spacial score (nSPS) is 16.1. The quantitative estimate of drug-likeness (QED) is 0.664. The van der Waals surface area contributed by atoms with Gasteiger partial charge in [0.25, 0.3) is 5.91 Å². The average molecular weight is 206 g/mol. The zero-order chi connectivity index (χ0) is 11.2. The van der Waals surface area contributed by atoms with Gasteiger partial charge in [-0.25, -0.2) is 4.68 Å². The van der Waals surface area contributed by atoms with E-state index < -0.39 is 0 Å². The molecule has 0 unspecified atom stereocenters. The van der Waals surface area contributed by atoms with Crippen molar-refractivity contribution in [2.75, 3.05) is 11.9 Å². The highest BCUT2D eigenvalue weighted by Crippen LogP contribution is 2.24. The van der Waals surface area contributed by atoms with Crippen molar-refractivity contribution in [3.8, 4) is 0 Å². The first-order chi connectivity index (χ1) is 7.02. The predicted molar refractivity (Wildman–Crippen MR) is 57.4 cm³/mol. The number of allylic oxidation sites excluding steroid dienone is 1. The molecule has 5 nitrogen and oxygen atoms in total. The van der Waals surface area contributed by atoms with Crippen molar-refractivity contribution in [3.63, 3.8) is 0 Å². The van der Waals surface area contributed by atoms with E-state index in [9.17, 15) is 4.79 Å². The second kappa shape index (κ2) is 3.12. The van der Waals surface area contributed by atoms with E-state index in [2.05, 4.69) is 5.10 Å². The molecule has 1 aromatic rings. The largest absolute Gasteiger partial charge is 0.394 e. The number of likely N-dealkylation sites (N-methyl/N-ethyl adjacent to an activating group) is 1. The summed E-state index contributed by atoms with van der Waals surface area (Å²) in [6.07, 6.45) is 1.70. The topological polar surface area (TPSA) is 64.2 Å². The maximum atomic E-state index is 11.8. The number of fused-ring (bicyclic) bond motifs is 1. The van der Waals surface area contributed by atoms with Gasteiger partial charge in [0.05, 0.1) is 17.9 Å². The lowest BCUT2D eigenvalue weighted by atomic mass is 10.2. The van der Waals surface area contributed by atoms with Crippen molar-refractivity contribution >= 4 is 11.7 Å². The van der Waals surface area contributed by atoms with Crippen LogP contribution in [0.2, 0.25) is 0 Å². The highest BCUT2D eigenvalue weighted by atomic mass is 16.2. The van der Waals surface area contributed by atoms with Crippen molar-refractivity contribution in [1.82, 2.24) is 9.78 Å². The molecular formula is C10H14N4O. The maximum Gasteiger partial charge on any atom is 0.274 e. The molecule has 0 radical (unpaired) electrons. The summed E-state index contributed by atoms with van der Waals surface area (Å²) >= 11 is 0. The van der Waals surface area contributed by atoms with Crippen LogP contribution in [-0.4, -0.2) is 22.7 Å². The van der Waals surface area contributed by atoms with Gasteiger partial charge in [-0.2, -0.15) is 5.10 Å². The van der Waals surface area contributed by atoms with Crippen LogP contribution in [0.15, 0.2) is 11.8 Å². The highest BCUT2D eigenvalue weighted by Gasteiger charge is 2.23. The number of anilines is 1. The Hall–Kier alpha value is -1.78. The lowest BCUT2D eigenvalue weighted by molar-refractivity contribution is -0.114. The van der Waals surface area contributed by atoms with Crippen LogP contribution in [-0.2, 0) is 11.3 Å². The standard InChI is InChI=1S/C10H14N4O/c1-6-7(2)12-14-5-4-8(11)10(15)13(3)9(6)14/h4H,5,11H2,1-3H3. The Morgan fingerprint density at radius 2 is 2.13 bits per heavy atom. The lowest BCUT2D eigenvalue weighted by Gasteiger charge is -2.16. The number of rotatable bonds is 0. The Labute approximate surface area is 88.2 Å². The molecule has 2 rings (SSSR count). The van der Waals surface area contributed by atoms with Gasteiger partial charge in [-0.05, 0) is 19.9 Å². The molecule has 0 spiro atoms. The van der Waals surface area contributed by atoms with Crippen LogP contribution in [0.25, 0.3) is 0 Å². The fraction of sp³-hybridized carbons (Fsp3) is 0.400. The smallest absolute Gasteiger partial charge is 0.274 e. The minimum Gasteiger partial charge on any atom is -0.394 e. The molecular weight excluding hydrogens is 192 g/mol. The molecule has 2 heterocycles. The minimum atomic E-state index is -0.170. The number of aryl methyl sites for hydroxylation is 1. The van der Waals surface area contributed by atoms with Crippen molar-refractivity contribution in [2.24, 2.45) is 5.73 Å². The van der Waals surface area contributed by atoms with E-state index in [1.807, 2.05) is 13.8 Å². The molecule has 0 bridgehead atoms. The van der Waals surface area contributed by atoms with Crippen LogP contribution >= 0.6 is 0 Å². The Morgan fingerprint density at radius 3 is 2.80 bits per heavy atom.